The third-order valence-corrected chi connectivity index (χ3v) is 16.5. The molecule has 0 aliphatic heterocycles. The van der Waals surface area contributed by atoms with Crippen molar-refractivity contribution in [3.63, 3.8) is 0 Å². The second-order valence-electron chi connectivity index (χ2n) is 15.9. The van der Waals surface area contributed by atoms with Gasteiger partial charge in [-0.2, -0.15) is 0 Å². The smallest absolute Gasteiger partial charge is 0.265 e. The van der Waals surface area contributed by atoms with Crippen LogP contribution in [0.4, 0.5) is 0 Å². The topological polar surface area (TPSA) is 121 Å². The fourth-order valence-corrected chi connectivity index (χ4v) is 9.78. The quantitative estimate of drug-likeness (QED) is 0.0944. The number of Topliss-reactive ketones (excluding diaryl/α,β-unsaturated/α-hetero) is 3. The maximum absolute atomic E-state index is 15.6. The van der Waals surface area contributed by atoms with Crippen LogP contribution < -0.4 is 9.47 Å². The van der Waals surface area contributed by atoms with Crippen molar-refractivity contribution >= 4 is 41.6 Å². The van der Waals surface area contributed by atoms with Gasteiger partial charge in [0.1, 0.15) is 29.1 Å². The molecule has 0 bridgehead atoms. The molecule has 7 rings (SSSR count). The van der Waals surface area contributed by atoms with E-state index in [2.05, 4.69) is 46.8 Å². The zero-order valence-corrected chi connectivity index (χ0v) is 33.2. The molecule has 0 spiro atoms. The van der Waals surface area contributed by atoms with Gasteiger partial charge in [0, 0.05) is 5.92 Å². The molecule has 12 heteroatoms. The fraction of sp³-hybridized carbons (Fsp3) is 0.425. The minimum atomic E-state index is -2.87. The van der Waals surface area contributed by atoms with E-state index in [0.29, 0.717) is 40.1 Å². The van der Waals surface area contributed by atoms with Crippen LogP contribution in [0.2, 0.25) is 18.1 Å². The van der Waals surface area contributed by atoms with Gasteiger partial charge in [0.15, 0.2) is 31.2 Å². The molecular weight excluding hydrogens is 742 g/mol. The summed E-state index contributed by atoms with van der Waals surface area (Å²) in [5.74, 6) is -3.02. The lowest BCUT2D eigenvalue weighted by Gasteiger charge is -2.56. The Balaban J connectivity index is 1.35. The van der Waals surface area contributed by atoms with E-state index in [-0.39, 0.29) is 35.5 Å². The molecule has 0 saturated heterocycles. The lowest BCUT2D eigenvalue weighted by molar-refractivity contribution is -0.151. The Morgan fingerprint density at radius 3 is 2.15 bits per heavy atom. The largest absolute Gasteiger partial charge is 0.487 e. The minimum Gasteiger partial charge on any atom is -0.487 e. The number of ketones is 3. The van der Waals surface area contributed by atoms with Crippen molar-refractivity contribution in [2.45, 2.75) is 76.6 Å². The van der Waals surface area contributed by atoms with Crippen molar-refractivity contribution in [3.8, 4) is 11.6 Å². The Labute approximate surface area is 313 Å². The van der Waals surface area contributed by atoms with Gasteiger partial charge in [-0.15, -0.1) is 0 Å². The average Bonchev–Trinajstić information content (AvgIpc) is 3.52. The number of halogens is 1. The van der Waals surface area contributed by atoms with Gasteiger partial charge in [-0.3, -0.25) is 19.3 Å². The third kappa shape index (κ3) is 5.97. The Hall–Kier alpha value is -3.97. The lowest BCUT2D eigenvalue weighted by Crippen LogP contribution is -2.70. The molecule has 3 aliphatic carbocycles. The number of ether oxygens (including phenoxy) is 2. The van der Waals surface area contributed by atoms with Gasteiger partial charge in [-0.1, -0.05) is 81.4 Å². The van der Waals surface area contributed by atoms with Crippen LogP contribution in [-0.2, 0) is 28.9 Å². The Bertz CT molecular complexity index is 2030. The fourth-order valence-electron chi connectivity index (χ4n) is 7.86. The molecule has 2 heterocycles. The molecular formula is C40H44BrN3O7Si. The first kappa shape index (κ1) is 36.4. The summed E-state index contributed by atoms with van der Waals surface area (Å²) >= 11 is 3.59. The third-order valence-electron chi connectivity index (χ3n) is 11.4. The normalized spacial score (nSPS) is 24.2. The van der Waals surface area contributed by atoms with Gasteiger partial charge in [0.05, 0.1) is 23.7 Å². The Kier molecular flexibility index (Phi) is 9.42. The molecule has 2 aromatic heterocycles. The molecule has 4 aromatic rings. The number of hydrogen-bond donors (Lipinski definition) is 0. The SMILES string of the molecule is CN(C)[C@@H]1c2onc(OCc3ccccc3)c2C(=O)[C@@]2(O[Si](C)(C)C(C)(C)C)C(=O)C3C(=O)c4c(OCc5ccccc5)cnc(Br)c4C[C@H]3C[C@@H]12. The highest BCUT2D eigenvalue weighted by atomic mass is 79.9. The van der Waals surface area contributed by atoms with E-state index in [0.717, 1.165) is 11.1 Å². The van der Waals surface area contributed by atoms with Crippen LogP contribution >= 0.6 is 15.9 Å². The van der Waals surface area contributed by atoms with Crippen molar-refractivity contribution < 1.29 is 32.8 Å². The number of carbonyl (C=O) groups is 3. The highest BCUT2D eigenvalue weighted by molar-refractivity contribution is 9.10. The first-order valence-electron chi connectivity index (χ1n) is 17.7. The number of benzene rings is 2. The zero-order valence-electron chi connectivity index (χ0n) is 30.6. The maximum Gasteiger partial charge on any atom is 0.265 e. The summed E-state index contributed by atoms with van der Waals surface area (Å²) in [5, 5.41) is 3.90. The van der Waals surface area contributed by atoms with Crippen molar-refractivity contribution in [1.82, 2.24) is 15.0 Å². The second kappa shape index (κ2) is 13.5. The van der Waals surface area contributed by atoms with E-state index in [4.69, 9.17) is 18.4 Å². The molecule has 3 aliphatic rings. The molecule has 5 atom stereocenters. The highest BCUT2D eigenvalue weighted by Crippen LogP contribution is 2.59. The molecule has 272 valence electrons. The Morgan fingerprint density at radius 1 is 0.942 bits per heavy atom. The van der Waals surface area contributed by atoms with E-state index < -0.39 is 49.3 Å². The molecule has 1 unspecified atom stereocenters. The van der Waals surface area contributed by atoms with E-state index in [1.807, 2.05) is 92.8 Å². The van der Waals surface area contributed by atoms with Crippen LogP contribution in [0.1, 0.15) is 76.4 Å². The lowest BCUT2D eigenvalue weighted by atomic mass is 9.54. The van der Waals surface area contributed by atoms with E-state index in [1.54, 1.807) is 0 Å². The highest BCUT2D eigenvalue weighted by Gasteiger charge is 2.70. The van der Waals surface area contributed by atoms with E-state index in [1.165, 1.54) is 6.20 Å². The van der Waals surface area contributed by atoms with E-state index >= 15 is 9.59 Å². The number of fused-ring (bicyclic) bond motifs is 4. The molecule has 1 saturated carbocycles. The predicted octanol–water partition coefficient (Wildman–Crippen LogP) is 7.81. The molecule has 2 aromatic carbocycles. The number of aromatic nitrogens is 2. The van der Waals surface area contributed by atoms with Crippen LogP contribution in [0, 0.1) is 17.8 Å². The molecule has 0 radical (unpaired) electrons. The number of nitrogens with zero attached hydrogens (tertiary/aromatic N) is 3. The summed E-state index contributed by atoms with van der Waals surface area (Å²) in [6.07, 6.45) is 2.27. The first-order chi connectivity index (χ1) is 24.7. The van der Waals surface area contributed by atoms with Crippen LogP contribution in [0.15, 0.2) is 76.0 Å². The monoisotopic (exact) mass is 785 g/mol. The standard InChI is InChI=1S/C40H44BrN3O7Si/c1-39(2,3)52(6,7)51-40-27(32(44(4)5)34-31(36(40)47)38(43-50-34)49-22-24-16-12-9-13-17-24)19-25-18-26-30(33(45)29(25)35(40)46)28(20-42-37(26)41)48-21-23-14-10-8-11-15-23/h8-17,20,25,27,29,32H,18-19,21-22H2,1-7H3/t25-,27-,29?,32-,40-/m0/s1. The van der Waals surface area contributed by atoms with Gasteiger partial charge in [-0.05, 0) is 88.8 Å². The number of pyridine rings is 1. The summed E-state index contributed by atoms with van der Waals surface area (Å²) in [6, 6.07) is 18.6. The summed E-state index contributed by atoms with van der Waals surface area (Å²) in [6.45, 7) is 10.6. The summed E-state index contributed by atoms with van der Waals surface area (Å²) < 4.78 is 26.1. The van der Waals surface area contributed by atoms with Gasteiger partial charge in [0.25, 0.3) is 5.88 Å². The van der Waals surface area contributed by atoms with E-state index in [9.17, 15) is 4.79 Å². The van der Waals surface area contributed by atoms with Crippen molar-refractivity contribution in [1.29, 1.82) is 0 Å². The molecule has 0 N–H and O–H groups in total. The van der Waals surface area contributed by atoms with Crippen molar-refractivity contribution in [2.75, 3.05) is 14.1 Å². The number of hydrogen-bond acceptors (Lipinski definition) is 10. The van der Waals surface area contributed by atoms with Gasteiger partial charge in [-0.25, -0.2) is 4.98 Å². The number of carbonyl (C=O) groups excluding carboxylic acids is 3. The van der Waals surface area contributed by atoms with Gasteiger partial charge >= 0.3 is 0 Å². The van der Waals surface area contributed by atoms with Crippen LogP contribution in [0.25, 0.3) is 0 Å². The maximum atomic E-state index is 15.6. The zero-order chi connectivity index (χ0) is 37.2. The van der Waals surface area contributed by atoms with Crippen molar-refractivity contribution in [2.24, 2.45) is 17.8 Å². The second-order valence-corrected chi connectivity index (χ2v) is 21.4. The van der Waals surface area contributed by atoms with Crippen LogP contribution in [-0.4, -0.2) is 60.4 Å². The minimum absolute atomic E-state index is 0.00852. The van der Waals surface area contributed by atoms with Crippen LogP contribution in [0.3, 0.4) is 0 Å². The van der Waals surface area contributed by atoms with Crippen molar-refractivity contribution in [3.05, 3.63) is 105 Å². The predicted molar refractivity (Wildman–Crippen MR) is 200 cm³/mol. The molecule has 0 amide bonds. The summed E-state index contributed by atoms with van der Waals surface area (Å²) in [5.41, 5.74) is 0.937. The average molecular weight is 787 g/mol. The molecule has 1 fully saturated rings. The van der Waals surface area contributed by atoms with Gasteiger partial charge in [0.2, 0.25) is 5.78 Å². The van der Waals surface area contributed by atoms with Crippen LogP contribution in [0.5, 0.6) is 11.6 Å². The number of rotatable bonds is 9. The first-order valence-corrected chi connectivity index (χ1v) is 21.4. The summed E-state index contributed by atoms with van der Waals surface area (Å²) in [7, 11) is 0.911. The molecule has 52 heavy (non-hydrogen) atoms. The Morgan fingerprint density at radius 2 is 1.56 bits per heavy atom. The summed E-state index contributed by atoms with van der Waals surface area (Å²) in [4.78, 5) is 52.4. The molecule has 10 nitrogen and oxygen atoms in total. The van der Waals surface area contributed by atoms with Gasteiger partial charge < -0.3 is 18.4 Å².